The maximum Gasteiger partial charge on any atom is 0.410 e. The van der Waals surface area contributed by atoms with Gasteiger partial charge in [0.1, 0.15) is 22.6 Å². The second-order valence-electron chi connectivity index (χ2n) is 9.31. The number of nitrogens with two attached hydrogens (primary N) is 1. The van der Waals surface area contributed by atoms with Gasteiger partial charge in [-0.15, -0.1) is 0 Å². The zero-order valence-corrected chi connectivity index (χ0v) is 25.6. The number of carbonyl (C=O) groups excluding carboxylic acids is 2. The van der Waals surface area contributed by atoms with Gasteiger partial charge in [-0.05, 0) is 42.8 Å². The fraction of sp³-hybridized carbons (Fsp3) is 0.520. The summed E-state index contributed by atoms with van der Waals surface area (Å²) in [5, 5.41) is 2.77. The fourth-order valence-corrected chi connectivity index (χ4v) is 3.68. The number of carbonyl (C=O) groups is 2. The molecule has 1 aromatic heterocycles. The molecule has 0 bridgehead atoms. The first kappa shape index (κ1) is 33.4. The van der Waals surface area contributed by atoms with Gasteiger partial charge in [-0.25, -0.2) is 19.0 Å². The van der Waals surface area contributed by atoms with Crippen molar-refractivity contribution in [1.29, 1.82) is 0 Å². The van der Waals surface area contributed by atoms with Gasteiger partial charge in [0.2, 0.25) is 0 Å². The summed E-state index contributed by atoms with van der Waals surface area (Å²) < 4.78 is 38.5. The molecule has 0 aliphatic heterocycles. The van der Waals surface area contributed by atoms with Gasteiger partial charge in [0.25, 0.3) is 5.91 Å². The molecule has 0 radical (unpaired) electrons. The van der Waals surface area contributed by atoms with E-state index in [1.165, 1.54) is 17.4 Å². The van der Waals surface area contributed by atoms with Crippen molar-refractivity contribution in [3.63, 3.8) is 0 Å². The zero-order chi connectivity index (χ0) is 29.7. The number of nitrogens with one attached hydrogen (secondary N) is 1. The number of aromatic nitrogens is 2. The predicted octanol–water partition coefficient (Wildman–Crippen LogP) is 3.16. The number of hydrogen-bond acceptors (Lipinski definition) is 11. The Morgan fingerprint density at radius 2 is 1.75 bits per heavy atom. The lowest BCUT2D eigenvalue weighted by atomic mass is 10.1. The number of halogens is 1. The molecule has 2 amide bonds. The summed E-state index contributed by atoms with van der Waals surface area (Å²) in [7, 11) is 1.60. The van der Waals surface area contributed by atoms with Crippen molar-refractivity contribution in [1.82, 2.24) is 14.9 Å². The third kappa shape index (κ3) is 12.1. The average molecular weight is 647 g/mol. The van der Waals surface area contributed by atoms with Crippen LogP contribution in [0.5, 0.6) is 5.75 Å². The number of ether oxygens (including phenoxy) is 4. The Labute approximate surface area is 244 Å². The second-order valence-corrected chi connectivity index (χ2v) is 11.2. The summed E-state index contributed by atoms with van der Waals surface area (Å²) in [6.07, 6.45) is 2.32. The van der Waals surface area contributed by atoms with Crippen molar-refractivity contribution in [2.24, 2.45) is 0 Å². The first-order chi connectivity index (χ1) is 18.9. The smallest absolute Gasteiger partial charge is 0.410 e. The van der Waals surface area contributed by atoms with E-state index in [1.807, 2.05) is 0 Å². The van der Waals surface area contributed by atoms with Crippen molar-refractivity contribution in [3.8, 4) is 5.75 Å². The van der Waals surface area contributed by atoms with E-state index in [1.54, 1.807) is 46.0 Å². The molecule has 3 N–H and O–H groups in total. The highest BCUT2D eigenvalue weighted by molar-refractivity contribution is 9.10. The number of nitrogen functional groups attached to an aromatic ring is 1. The van der Waals surface area contributed by atoms with Crippen molar-refractivity contribution in [2.45, 2.75) is 32.9 Å². The third-order valence-electron chi connectivity index (χ3n) is 4.77. The number of rotatable bonds is 15. The van der Waals surface area contributed by atoms with E-state index in [9.17, 15) is 13.8 Å². The monoisotopic (exact) mass is 645 g/mol. The van der Waals surface area contributed by atoms with E-state index < -0.39 is 28.7 Å². The number of anilines is 2. The van der Waals surface area contributed by atoms with Gasteiger partial charge >= 0.3 is 6.09 Å². The molecule has 2 aromatic rings. The van der Waals surface area contributed by atoms with E-state index in [-0.39, 0.29) is 37.9 Å². The number of para-hydroxylation sites is 1. The molecule has 0 aliphatic rings. The highest BCUT2D eigenvalue weighted by Gasteiger charge is 2.22. The van der Waals surface area contributed by atoms with Gasteiger partial charge in [-0.1, -0.05) is 12.1 Å². The molecule has 13 nitrogen and oxygen atoms in total. The summed E-state index contributed by atoms with van der Waals surface area (Å²) >= 11 is 1.87. The summed E-state index contributed by atoms with van der Waals surface area (Å²) in [5.74, 6) is -0.274. The van der Waals surface area contributed by atoms with Crippen LogP contribution in [0.2, 0.25) is 0 Å². The van der Waals surface area contributed by atoms with E-state index in [2.05, 4.69) is 31.2 Å². The molecular weight excluding hydrogens is 610 g/mol. The average Bonchev–Trinajstić information content (AvgIpc) is 2.86. The fourth-order valence-electron chi connectivity index (χ4n) is 3.10. The molecule has 0 saturated carbocycles. The van der Waals surface area contributed by atoms with E-state index in [4.69, 9.17) is 28.9 Å². The Morgan fingerprint density at radius 3 is 2.40 bits per heavy atom. The first-order valence-corrected chi connectivity index (χ1v) is 14.6. The van der Waals surface area contributed by atoms with Gasteiger partial charge in [-0.2, -0.15) is 0 Å². The van der Waals surface area contributed by atoms with Crippen LogP contribution in [-0.4, -0.2) is 89.6 Å². The molecule has 1 aromatic carbocycles. The lowest BCUT2D eigenvalue weighted by molar-refractivity contribution is 0.0268. The summed E-state index contributed by atoms with van der Waals surface area (Å²) in [4.78, 5) is 35.0. The van der Waals surface area contributed by atoms with Crippen LogP contribution in [0.25, 0.3) is 0 Å². The normalized spacial score (nSPS) is 12.1. The van der Waals surface area contributed by atoms with Gasteiger partial charge in [0.05, 0.1) is 51.5 Å². The van der Waals surface area contributed by atoms with Crippen molar-refractivity contribution < 1.29 is 36.9 Å². The molecule has 222 valence electrons. The van der Waals surface area contributed by atoms with Crippen molar-refractivity contribution in [3.05, 3.63) is 40.3 Å². The summed E-state index contributed by atoms with van der Waals surface area (Å²) in [5.41, 5.74) is 6.10. The van der Waals surface area contributed by atoms with Crippen LogP contribution < -0.4 is 15.8 Å². The molecule has 1 heterocycles. The van der Waals surface area contributed by atoms with E-state index in [0.717, 1.165) is 0 Å². The second kappa shape index (κ2) is 16.4. The van der Waals surface area contributed by atoms with Crippen LogP contribution in [0.15, 0.2) is 29.0 Å². The summed E-state index contributed by atoms with van der Waals surface area (Å²) in [6.45, 7) is 7.04. The molecule has 1 atom stereocenters. The molecule has 0 saturated heterocycles. The number of nitrogens with zero attached hydrogens (tertiary/aromatic N) is 3. The molecule has 0 aliphatic carbocycles. The molecule has 0 fully saturated rings. The number of hydrogen-bond donors (Lipinski definition) is 2. The predicted molar refractivity (Wildman–Crippen MR) is 153 cm³/mol. The van der Waals surface area contributed by atoms with Gasteiger partial charge < -0.3 is 34.9 Å². The Kier molecular flexibility index (Phi) is 13.7. The Morgan fingerprint density at radius 1 is 1.10 bits per heavy atom. The SMILES string of the molecule is CN(Cc1cccc(NC(=O)c2nc(Br)cnc2N)c1OCCOCCOCCOS(C)=O)C(=O)OC(C)(C)C. The standard InChI is InChI=1S/C25H36BrN5O8S/c1-25(2,3)39-24(33)31(4)16-17-7-6-8-18(29-23(32)20-22(27)28-15-19(26)30-20)21(17)37-13-11-35-9-10-36-12-14-38-40(5)34/h6-8,15H,9-14,16H2,1-5H3,(H2,27,28)(H,29,32). The minimum absolute atomic E-state index is 0.0332. The molecule has 0 spiro atoms. The minimum Gasteiger partial charge on any atom is -0.489 e. The maximum atomic E-state index is 13.0. The molecule has 40 heavy (non-hydrogen) atoms. The largest absolute Gasteiger partial charge is 0.489 e. The zero-order valence-electron chi connectivity index (χ0n) is 23.2. The quantitative estimate of drug-likeness (QED) is 0.273. The third-order valence-corrected chi connectivity index (χ3v) is 5.65. The molecule has 1 unspecified atom stereocenters. The van der Waals surface area contributed by atoms with Gasteiger partial charge in [0, 0.05) is 18.9 Å². The number of amides is 2. The lowest BCUT2D eigenvalue weighted by Crippen LogP contribution is -2.34. The minimum atomic E-state index is -1.33. The van der Waals surface area contributed by atoms with E-state index in [0.29, 0.717) is 41.4 Å². The molecular formula is C25H36BrN5O8S. The van der Waals surface area contributed by atoms with Crippen LogP contribution in [0.3, 0.4) is 0 Å². The lowest BCUT2D eigenvalue weighted by Gasteiger charge is -2.25. The van der Waals surface area contributed by atoms with Crippen LogP contribution in [0.1, 0.15) is 36.8 Å². The number of benzene rings is 1. The van der Waals surface area contributed by atoms with Gasteiger partial charge in [0.15, 0.2) is 22.6 Å². The first-order valence-electron chi connectivity index (χ1n) is 12.3. The highest BCUT2D eigenvalue weighted by atomic mass is 79.9. The Balaban J connectivity index is 2.09. The van der Waals surface area contributed by atoms with E-state index >= 15 is 0 Å². The van der Waals surface area contributed by atoms with Crippen LogP contribution in [-0.2, 0) is 36.0 Å². The van der Waals surface area contributed by atoms with Gasteiger partial charge in [-0.3, -0.25) is 8.98 Å². The Bertz CT molecular complexity index is 1160. The van der Waals surface area contributed by atoms with Crippen molar-refractivity contribution in [2.75, 3.05) is 64.0 Å². The summed E-state index contributed by atoms with van der Waals surface area (Å²) in [6, 6.07) is 5.16. The molecule has 15 heteroatoms. The topological polar surface area (TPSA) is 164 Å². The van der Waals surface area contributed by atoms with Crippen LogP contribution >= 0.6 is 15.9 Å². The highest BCUT2D eigenvalue weighted by Crippen LogP contribution is 2.31. The Hall–Kier alpha value is -2.85. The van der Waals surface area contributed by atoms with Crippen LogP contribution in [0, 0.1) is 0 Å². The van der Waals surface area contributed by atoms with Crippen molar-refractivity contribution >= 4 is 50.5 Å². The molecule has 2 rings (SSSR count). The maximum absolute atomic E-state index is 13.0. The van der Waals surface area contributed by atoms with Crippen LogP contribution in [0.4, 0.5) is 16.3 Å².